The summed E-state index contributed by atoms with van der Waals surface area (Å²) in [6.45, 7) is 0. The number of anilines is 1. The van der Waals surface area contributed by atoms with E-state index in [0.717, 1.165) is 17.0 Å². The lowest BCUT2D eigenvalue weighted by molar-refractivity contribution is 0.102. The number of aromatic amines is 1. The fourth-order valence-corrected chi connectivity index (χ4v) is 2.08. The SMILES string of the molecule is N#Cc1cc(NC(=O)c2ccc3cc[nH]c3c2)ccc1F. The fourth-order valence-electron chi connectivity index (χ4n) is 2.08. The number of hydrogen-bond donors (Lipinski definition) is 2. The summed E-state index contributed by atoms with van der Waals surface area (Å²) in [7, 11) is 0. The third-order valence-electron chi connectivity index (χ3n) is 3.16. The zero-order valence-corrected chi connectivity index (χ0v) is 10.9. The molecule has 2 N–H and O–H groups in total. The molecule has 0 saturated heterocycles. The molecule has 0 spiro atoms. The molecule has 0 unspecified atom stereocenters. The summed E-state index contributed by atoms with van der Waals surface area (Å²) >= 11 is 0. The van der Waals surface area contributed by atoms with Crippen LogP contribution in [0.1, 0.15) is 15.9 Å². The quantitative estimate of drug-likeness (QED) is 0.754. The van der Waals surface area contributed by atoms with E-state index in [-0.39, 0.29) is 11.5 Å². The van der Waals surface area contributed by atoms with E-state index < -0.39 is 5.82 Å². The molecule has 1 aromatic heterocycles. The van der Waals surface area contributed by atoms with E-state index in [1.165, 1.54) is 12.1 Å². The van der Waals surface area contributed by atoms with Crippen molar-refractivity contribution in [1.29, 1.82) is 5.26 Å². The Morgan fingerprint density at radius 3 is 2.86 bits per heavy atom. The van der Waals surface area contributed by atoms with Gasteiger partial charge in [0.05, 0.1) is 5.56 Å². The molecule has 0 saturated carbocycles. The van der Waals surface area contributed by atoms with Gasteiger partial charge in [0.2, 0.25) is 0 Å². The highest BCUT2D eigenvalue weighted by Gasteiger charge is 2.09. The number of nitrogens with zero attached hydrogens (tertiary/aromatic N) is 1. The second-order valence-corrected chi connectivity index (χ2v) is 4.54. The molecule has 0 aliphatic heterocycles. The number of nitriles is 1. The number of H-pyrrole nitrogens is 1. The van der Waals surface area contributed by atoms with Crippen molar-refractivity contribution in [3.05, 3.63) is 65.6 Å². The molecule has 1 amide bonds. The largest absolute Gasteiger partial charge is 0.361 e. The fraction of sp³-hybridized carbons (Fsp3) is 0. The van der Waals surface area contributed by atoms with Gasteiger partial charge in [-0.1, -0.05) is 6.07 Å². The van der Waals surface area contributed by atoms with Crippen LogP contribution in [0.15, 0.2) is 48.7 Å². The molecule has 5 heteroatoms. The molecular formula is C16H10FN3O. The van der Waals surface area contributed by atoms with Crippen LogP contribution in [-0.2, 0) is 0 Å². The minimum atomic E-state index is -0.608. The second kappa shape index (κ2) is 5.10. The van der Waals surface area contributed by atoms with Crippen molar-refractivity contribution in [2.75, 3.05) is 5.32 Å². The van der Waals surface area contributed by atoms with Crippen molar-refractivity contribution in [2.24, 2.45) is 0 Å². The highest BCUT2D eigenvalue weighted by molar-refractivity contribution is 6.06. The van der Waals surface area contributed by atoms with Crippen LogP contribution in [0, 0.1) is 17.1 Å². The summed E-state index contributed by atoms with van der Waals surface area (Å²) in [5, 5.41) is 12.4. The smallest absolute Gasteiger partial charge is 0.255 e. The zero-order valence-electron chi connectivity index (χ0n) is 10.9. The zero-order chi connectivity index (χ0) is 14.8. The molecule has 4 nitrogen and oxygen atoms in total. The molecule has 0 fully saturated rings. The molecular weight excluding hydrogens is 269 g/mol. The van der Waals surface area contributed by atoms with Crippen LogP contribution in [0.5, 0.6) is 0 Å². The van der Waals surface area contributed by atoms with Crippen LogP contribution in [-0.4, -0.2) is 10.9 Å². The number of carbonyl (C=O) groups excluding carboxylic acids is 1. The molecule has 0 bridgehead atoms. The van der Waals surface area contributed by atoms with E-state index in [9.17, 15) is 9.18 Å². The predicted octanol–water partition coefficient (Wildman–Crippen LogP) is 3.43. The van der Waals surface area contributed by atoms with Gasteiger partial charge in [-0.3, -0.25) is 4.79 Å². The first-order valence-corrected chi connectivity index (χ1v) is 6.25. The van der Waals surface area contributed by atoms with Gasteiger partial charge in [-0.2, -0.15) is 5.26 Å². The van der Waals surface area contributed by atoms with Crippen LogP contribution < -0.4 is 5.32 Å². The molecule has 102 valence electrons. The summed E-state index contributed by atoms with van der Waals surface area (Å²) in [6.07, 6.45) is 1.80. The monoisotopic (exact) mass is 279 g/mol. The van der Waals surface area contributed by atoms with Crippen molar-refractivity contribution in [3.63, 3.8) is 0 Å². The lowest BCUT2D eigenvalue weighted by Gasteiger charge is -2.06. The van der Waals surface area contributed by atoms with Gasteiger partial charge in [-0.25, -0.2) is 4.39 Å². The van der Waals surface area contributed by atoms with Crippen molar-refractivity contribution >= 4 is 22.5 Å². The molecule has 0 aliphatic rings. The first kappa shape index (κ1) is 12.9. The number of hydrogen-bond acceptors (Lipinski definition) is 2. The molecule has 3 aromatic rings. The van der Waals surface area contributed by atoms with Crippen LogP contribution in [0.25, 0.3) is 10.9 Å². The van der Waals surface area contributed by atoms with E-state index in [1.807, 2.05) is 12.1 Å². The van der Waals surface area contributed by atoms with Crippen molar-refractivity contribution < 1.29 is 9.18 Å². The summed E-state index contributed by atoms with van der Waals surface area (Å²) in [5.41, 5.74) is 1.62. The molecule has 0 aliphatic carbocycles. The van der Waals surface area contributed by atoms with E-state index >= 15 is 0 Å². The average molecular weight is 279 g/mol. The Hall–Kier alpha value is -3.13. The summed E-state index contributed by atoms with van der Waals surface area (Å²) in [6, 6.07) is 12.8. The van der Waals surface area contributed by atoms with Gasteiger partial charge in [0, 0.05) is 23.0 Å². The first-order chi connectivity index (χ1) is 10.2. The maximum Gasteiger partial charge on any atom is 0.255 e. The standard InChI is InChI=1S/C16H10FN3O/c17-14-4-3-13(7-12(14)9-18)20-16(21)11-2-1-10-5-6-19-15(10)8-11/h1-8,19H,(H,20,21). The van der Waals surface area contributed by atoms with Crippen LogP contribution >= 0.6 is 0 Å². The van der Waals surface area contributed by atoms with Gasteiger partial charge in [0.15, 0.2) is 0 Å². The van der Waals surface area contributed by atoms with Crippen molar-refractivity contribution in [3.8, 4) is 6.07 Å². The molecule has 0 radical (unpaired) electrons. The highest BCUT2D eigenvalue weighted by Crippen LogP contribution is 2.17. The Balaban J connectivity index is 1.87. The third kappa shape index (κ3) is 2.47. The molecule has 2 aromatic carbocycles. The Labute approximate surface area is 119 Å². The van der Waals surface area contributed by atoms with Crippen LogP contribution in [0.4, 0.5) is 10.1 Å². The minimum absolute atomic E-state index is 0.104. The van der Waals surface area contributed by atoms with E-state index in [0.29, 0.717) is 11.3 Å². The second-order valence-electron chi connectivity index (χ2n) is 4.54. The number of benzene rings is 2. The van der Waals surface area contributed by atoms with Crippen molar-refractivity contribution in [2.45, 2.75) is 0 Å². The molecule has 0 atom stereocenters. The number of nitrogens with one attached hydrogen (secondary N) is 2. The molecule has 21 heavy (non-hydrogen) atoms. The van der Waals surface area contributed by atoms with E-state index in [4.69, 9.17) is 5.26 Å². The van der Waals surface area contributed by atoms with E-state index in [2.05, 4.69) is 10.3 Å². The Bertz CT molecular complexity index is 877. The number of aromatic nitrogens is 1. The van der Waals surface area contributed by atoms with Crippen LogP contribution in [0.3, 0.4) is 0 Å². The van der Waals surface area contributed by atoms with Gasteiger partial charge in [-0.05, 0) is 41.8 Å². The number of rotatable bonds is 2. The van der Waals surface area contributed by atoms with Gasteiger partial charge in [0.25, 0.3) is 5.91 Å². The van der Waals surface area contributed by atoms with Gasteiger partial charge in [0.1, 0.15) is 11.9 Å². The third-order valence-corrected chi connectivity index (χ3v) is 3.16. The Kier molecular flexibility index (Phi) is 3.13. The lowest BCUT2D eigenvalue weighted by atomic mass is 10.1. The first-order valence-electron chi connectivity index (χ1n) is 6.25. The molecule has 3 rings (SSSR count). The maximum absolute atomic E-state index is 13.2. The average Bonchev–Trinajstić information content (AvgIpc) is 2.96. The summed E-state index contributed by atoms with van der Waals surface area (Å²) < 4.78 is 13.2. The normalized spacial score (nSPS) is 10.3. The number of carbonyl (C=O) groups is 1. The highest BCUT2D eigenvalue weighted by atomic mass is 19.1. The van der Waals surface area contributed by atoms with Crippen molar-refractivity contribution in [1.82, 2.24) is 4.98 Å². The summed E-state index contributed by atoms with van der Waals surface area (Å²) in [5.74, 6) is -0.926. The Morgan fingerprint density at radius 1 is 1.19 bits per heavy atom. The van der Waals surface area contributed by atoms with Crippen LogP contribution in [0.2, 0.25) is 0 Å². The predicted molar refractivity (Wildman–Crippen MR) is 77.4 cm³/mol. The van der Waals surface area contributed by atoms with Gasteiger partial charge in [-0.15, -0.1) is 0 Å². The van der Waals surface area contributed by atoms with E-state index in [1.54, 1.807) is 24.4 Å². The van der Waals surface area contributed by atoms with Gasteiger partial charge < -0.3 is 10.3 Å². The topological polar surface area (TPSA) is 68.7 Å². The Morgan fingerprint density at radius 2 is 2.05 bits per heavy atom. The number of amides is 1. The maximum atomic E-state index is 13.2. The number of fused-ring (bicyclic) bond motifs is 1. The number of halogens is 1. The minimum Gasteiger partial charge on any atom is -0.361 e. The molecule has 1 heterocycles. The summed E-state index contributed by atoms with van der Waals surface area (Å²) in [4.78, 5) is 15.2. The lowest BCUT2D eigenvalue weighted by Crippen LogP contribution is -2.12. The van der Waals surface area contributed by atoms with Gasteiger partial charge >= 0.3 is 0 Å².